The number of nitrogens with zero attached hydrogens (tertiary/aromatic N) is 4. The Hall–Kier alpha value is -3.77. The number of nitrogens with one attached hydrogen (secondary N) is 1. The number of aromatic nitrogens is 3. The number of rotatable bonds is 8. The van der Waals surface area contributed by atoms with Crippen LogP contribution in [0.25, 0.3) is 0 Å². The molecular weight excluding hydrogens is 458 g/mol. The average molecular weight is 484 g/mol. The van der Waals surface area contributed by atoms with E-state index in [0.717, 1.165) is 24.1 Å². The Morgan fingerprint density at radius 3 is 2.56 bits per heavy atom. The van der Waals surface area contributed by atoms with Crippen LogP contribution in [0.1, 0.15) is 34.6 Å². The predicted octanol–water partition coefficient (Wildman–Crippen LogP) is 1.97. The summed E-state index contributed by atoms with van der Waals surface area (Å²) in [6.07, 6.45) is 1.61. The Morgan fingerprint density at radius 2 is 1.85 bits per heavy atom. The third-order valence-corrected chi connectivity index (χ3v) is 7.26. The second kappa shape index (κ2) is 9.61. The minimum absolute atomic E-state index is 0.00753. The van der Waals surface area contributed by atoms with Gasteiger partial charge in [0.2, 0.25) is 21.9 Å². The molecule has 1 aliphatic heterocycles. The number of nitrogen functional groups attached to an aromatic ring is 1. The highest BCUT2D eigenvalue weighted by Gasteiger charge is 2.28. The molecule has 0 unspecified atom stereocenters. The Balaban J connectivity index is 1.54. The summed E-state index contributed by atoms with van der Waals surface area (Å²) >= 11 is 0. The van der Waals surface area contributed by atoms with Gasteiger partial charge in [-0.2, -0.15) is 19.3 Å². The van der Waals surface area contributed by atoms with Crippen molar-refractivity contribution in [3.05, 3.63) is 59.4 Å². The van der Waals surface area contributed by atoms with Gasteiger partial charge >= 0.3 is 0 Å². The minimum Gasteiger partial charge on any atom is -0.485 e. The lowest BCUT2D eigenvalue weighted by Crippen LogP contribution is -2.28. The number of hydrogen-bond donors (Lipinski definition) is 3. The van der Waals surface area contributed by atoms with Crippen LogP contribution in [0.2, 0.25) is 0 Å². The lowest BCUT2D eigenvalue weighted by atomic mass is 10.2. The summed E-state index contributed by atoms with van der Waals surface area (Å²) < 4.78 is 32.8. The molecule has 0 aliphatic carbocycles. The molecule has 1 saturated heterocycles. The maximum atomic E-state index is 12.8. The van der Waals surface area contributed by atoms with Crippen molar-refractivity contribution in [1.29, 1.82) is 0 Å². The van der Waals surface area contributed by atoms with Gasteiger partial charge in [-0.1, -0.05) is 18.2 Å². The minimum atomic E-state index is -3.71. The number of aryl methyl sites for hydroxylation is 1. The van der Waals surface area contributed by atoms with Gasteiger partial charge in [-0.05, 0) is 49.6 Å². The molecule has 0 bridgehead atoms. The Bertz CT molecular complexity index is 1320. The van der Waals surface area contributed by atoms with Crippen molar-refractivity contribution < 1.29 is 17.9 Å². The largest absolute Gasteiger partial charge is 0.485 e. The summed E-state index contributed by atoms with van der Waals surface area (Å²) in [5.74, 6) is -0.256. The Morgan fingerprint density at radius 1 is 1.12 bits per heavy atom. The molecule has 2 aromatic carbocycles. The lowest BCUT2D eigenvalue weighted by molar-refractivity contribution is 0.0995. The van der Waals surface area contributed by atoms with Crippen LogP contribution in [-0.2, 0) is 16.6 Å². The first-order valence-electron chi connectivity index (χ1n) is 10.6. The van der Waals surface area contributed by atoms with Crippen molar-refractivity contribution in [2.45, 2.75) is 31.3 Å². The van der Waals surface area contributed by atoms with E-state index in [4.69, 9.17) is 16.2 Å². The van der Waals surface area contributed by atoms with Gasteiger partial charge < -0.3 is 21.5 Å². The molecule has 0 spiro atoms. The molecule has 1 aromatic heterocycles. The second-order valence-electron chi connectivity index (χ2n) is 7.80. The molecule has 1 amide bonds. The van der Waals surface area contributed by atoms with Crippen LogP contribution < -0.4 is 21.5 Å². The molecule has 1 fully saturated rings. The monoisotopic (exact) mass is 483 g/mol. The van der Waals surface area contributed by atoms with Gasteiger partial charge in [0.25, 0.3) is 5.91 Å². The molecule has 3 aromatic rings. The summed E-state index contributed by atoms with van der Waals surface area (Å²) in [5.41, 5.74) is 13.1. The van der Waals surface area contributed by atoms with Gasteiger partial charge in [-0.15, -0.1) is 0 Å². The van der Waals surface area contributed by atoms with E-state index >= 15 is 0 Å². The van der Waals surface area contributed by atoms with Crippen LogP contribution in [-0.4, -0.2) is 46.7 Å². The normalized spacial score (nSPS) is 14.1. The molecule has 178 valence electrons. The SMILES string of the molecule is Cc1ccccc1Nc1nc(N)nc(COc2ccc(S(=O)(=O)N3CCCC3)cc2C(N)=O)n1. The molecule has 0 saturated carbocycles. The van der Waals surface area contributed by atoms with Crippen LogP contribution in [0.4, 0.5) is 17.6 Å². The van der Waals surface area contributed by atoms with Crippen LogP contribution in [0, 0.1) is 6.92 Å². The number of carbonyl (C=O) groups excluding carboxylic acids is 1. The third-order valence-electron chi connectivity index (χ3n) is 5.37. The fourth-order valence-electron chi connectivity index (χ4n) is 3.60. The third kappa shape index (κ3) is 5.07. The van der Waals surface area contributed by atoms with E-state index in [2.05, 4.69) is 20.3 Å². The van der Waals surface area contributed by atoms with Crippen molar-refractivity contribution in [3.63, 3.8) is 0 Å². The van der Waals surface area contributed by atoms with Crippen molar-refractivity contribution >= 4 is 33.5 Å². The quantitative estimate of drug-likeness (QED) is 0.434. The van der Waals surface area contributed by atoms with E-state index in [1.807, 2.05) is 31.2 Å². The Kier molecular flexibility index (Phi) is 6.61. The highest BCUT2D eigenvalue weighted by Crippen LogP contribution is 2.27. The highest BCUT2D eigenvalue weighted by molar-refractivity contribution is 7.89. The van der Waals surface area contributed by atoms with Crippen LogP contribution >= 0.6 is 0 Å². The number of benzene rings is 2. The summed E-state index contributed by atoms with van der Waals surface area (Å²) in [6, 6.07) is 11.6. The molecule has 4 rings (SSSR count). The van der Waals surface area contributed by atoms with Crippen molar-refractivity contribution in [1.82, 2.24) is 19.3 Å². The van der Waals surface area contributed by atoms with E-state index in [-0.39, 0.29) is 40.5 Å². The molecular formula is C22H25N7O4S. The number of carbonyl (C=O) groups is 1. The summed E-state index contributed by atoms with van der Waals surface area (Å²) in [5, 5.41) is 3.09. The fourth-order valence-corrected chi connectivity index (χ4v) is 5.14. The smallest absolute Gasteiger partial charge is 0.252 e. The van der Waals surface area contributed by atoms with Crippen LogP contribution in [0.5, 0.6) is 5.75 Å². The maximum Gasteiger partial charge on any atom is 0.252 e. The summed E-state index contributed by atoms with van der Waals surface area (Å²) in [4.78, 5) is 24.5. The molecule has 0 radical (unpaired) electrons. The van der Waals surface area contributed by atoms with E-state index in [9.17, 15) is 13.2 Å². The summed E-state index contributed by atoms with van der Waals surface area (Å²) in [6.45, 7) is 2.70. The predicted molar refractivity (Wildman–Crippen MR) is 126 cm³/mol. The highest BCUT2D eigenvalue weighted by atomic mass is 32.2. The first kappa shape index (κ1) is 23.4. The van der Waals surface area contributed by atoms with Crippen LogP contribution in [0.15, 0.2) is 47.4 Å². The van der Waals surface area contributed by atoms with Gasteiger partial charge in [0, 0.05) is 18.8 Å². The molecule has 2 heterocycles. The second-order valence-corrected chi connectivity index (χ2v) is 9.73. The van der Waals surface area contributed by atoms with Crippen molar-refractivity contribution in [3.8, 4) is 5.75 Å². The topological polar surface area (TPSA) is 166 Å². The number of hydrogen-bond acceptors (Lipinski definition) is 9. The number of ether oxygens (including phenoxy) is 1. The fraction of sp³-hybridized carbons (Fsp3) is 0.273. The zero-order valence-corrected chi connectivity index (χ0v) is 19.4. The van der Waals surface area contributed by atoms with Gasteiger partial charge in [-0.25, -0.2) is 8.42 Å². The van der Waals surface area contributed by atoms with Crippen molar-refractivity contribution in [2.75, 3.05) is 24.1 Å². The number of para-hydroxylation sites is 1. The molecule has 11 nitrogen and oxygen atoms in total. The van der Waals surface area contributed by atoms with Crippen molar-refractivity contribution in [2.24, 2.45) is 5.73 Å². The Labute approximate surface area is 197 Å². The lowest BCUT2D eigenvalue weighted by Gasteiger charge is -2.17. The van der Waals surface area contributed by atoms with Crippen LogP contribution in [0.3, 0.4) is 0 Å². The number of primary amides is 1. The average Bonchev–Trinajstić information content (AvgIpc) is 3.35. The van der Waals surface area contributed by atoms with E-state index in [0.29, 0.717) is 13.1 Å². The molecule has 5 N–H and O–H groups in total. The first-order chi connectivity index (χ1) is 16.2. The zero-order valence-electron chi connectivity index (χ0n) is 18.6. The first-order valence-corrected chi connectivity index (χ1v) is 12.1. The zero-order chi connectivity index (χ0) is 24.3. The number of sulfonamides is 1. The van der Waals surface area contributed by atoms with E-state index in [1.54, 1.807) is 0 Å². The maximum absolute atomic E-state index is 12.8. The van der Waals surface area contributed by atoms with Gasteiger partial charge in [0.1, 0.15) is 12.4 Å². The molecule has 34 heavy (non-hydrogen) atoms. The molecule has 12 heteroatoms. The van der Waals surface area contributed by atoms with E-state index in [1.165, 1.54) is 22.5 Å². The molecule has 0 atom stereocenters. The number of anilines is 3. The number of nitrogens with two attached hydrogens (primary N) is 2. The van der Waals surface area contributed by atoms with Gasteiger partial charge in [0.05, 0.1) is 10.5 Å². The number of amides is 1. The summed E-state index contributed by atoms with van der Waals surface area (Å²) in [7, 11) is -3.71. The molecule has 1 aliphatic rings. The van der Waals surface area contributed by atoms with Gasteiger partial charge in [0.15, 0.2) is 5.82 Å². The van der Waals surface area contributed by atoms with Gasteiger partial charge in [-0.3, -0.25) is 4.79 Å². The van der Waals surface area contributed by atoms with E-state index < -0.39 is 15.9 Å². The standard InChI is InChI=1S/C22H25N7O4S/c1-14-6-2-3-7-17(14)25-22-27-19(26-21(24)28-22)13-33-18-9-8-15(12-16(18)20(23)30)34(31,32)29-10-4-5-11-29/h2-3,6-9,12H,4-5,10-11,13H2,1H3,(H2,23,30)(H3,24,25,26,27,28).